The minimum atomic E-state index is 0.125. The van der Waals surface area contributed by atoms with Gasteiger partial charge in [-0.3, -0.25) is 0 Å². The summed E-state index contributed by atoms with van der Waals surface area (Å²) in [4.78, 5) is 23.9. The number of fused-ring (bicyclic) bond motifs is 4. The first-order valence-electron chi connectivity index (χ1n) is 14.0. The fourth-order valence-corrected chi connectivity index (χ4v) is 6.41. The van der Waals surface area contributed by atoms with Gasteiger partial charge in [0.2, 0.25) is 0 Å². The number of rotatable bonds is 7. The molecule has 0 spiro atoms. The van der Waals surface area contributed by atoms with Crippen LogP contribution in [0.15, 0.2) is 36.5 Å². The summed E-state index contributed by atoms with van der Waals surface area (Å²) in [7, 11) is 4.19. The van der Waals surface area contributed by atoms with Gasteiger partial charge in [-0.25, -0.2) is 9.97 Å². The molecular weight excluding hydrogens is 502 g/mol. The van der Waals surface area contributed by atoms with Crippen LogP contribution in [0.25, 0.3) is 33.2 Å². The van der Waals surface area contributed by atoms with Gasteiger partial charge in [0, 0.05) is 59.8 Å². The van der Waals surface area contributed by atoms with Crippen LogP contribution in [0.4, 0.5) is 5.82 Å². The summed E-state index contributed by atoms with van der Waals surface area (Å²) in [5.74, 6) is 4.14. The van der Waals surface area contributed by atoms with Gasteiger partial charge in [0.05, 0.1) is 12.0 Å². The third-order valence-electron chi connectivity index (χ3n) is 8.40. The van der Waals surface area contributed by atoms with Crippen LogP contribution in [0.1, 0.15) is 31.2 Å². The van der Waals surface area contributed by atoms with E-state index in [-0.39, 0.29) is 11.2 Å². The summed E-state index contributed by atoms with van der Waals surface area (Å²) in [6.45, 7) is 3.29. The van der Waals surface area contributed by atoms with Crippen molar-refractivity contribution in [3.8, 4) is 35.5 Å². The van der Waals surface area contributed by atoms with Gasteiger partial charge in [0.25, 0.3) is 0 Å². The molecule has 4 heterocycles. The Morgan fingerprint density at radius 2 is 1.95 bits per heavy atom. The van der Waals surface area contributed by atoms with E-state index in [0.29, 0.717) is 41.7 Å². The maximum absolute atomic E-state index is 10.5. The monoisotopic (exact) mass is 535 g/mol. The zero-order valence-corrected chi connectivity index (χ0v) is 22.9. The van der Waals surface area contributed by atoms with E-state index in [4.69, 9.17) is 31.1 Å². The fraction of sp³-hybridized carbons (Fsp3) is 0.419. The van der Waals surface area contributed by atoms with Crippen molar-refractivity contribution < 1.29 is 9.84 Å². The number of aromatic hydroxyl groups is 1. The highest BCUT2D eigenvalue weighted by molar-refractivity contribution is 6.01. The van der Waals surface area contributed by atoms with Crippen molar-refractivity contribution in [3.63, 3.8) is 0 Å². The average Bonchev–Trinajstić information content (AvgIpc) is 3.63. The molecule has 2 bridgehead atoms. The highest BCUT2D eigenvalue weighted by Crippen LogP contribution is 2.46. The lowest BCUT2D eigenvalue weighted by atomic mass is 9.98. The molecule has 2 atom stereocenters. The Balaban J connectivity index is 1.33. The summed E-state index contributed by atoms with van der Waals surface area (Å²) in [5.41, 5.74) is 2.05. The molecule has 3 aliphatic rings. The van der Waals surface area contributed by atoms with Crippen LogP contribution in [-0.2, 0) is 0 Å². The highest BCUT2D eigenvalue weighted by atomic mass is 16.5. The third kappa shape index (κ3) is 4.57. The predicted molar refractivity (Wildman–Crippen MR) is 156 cm³/mol. The zero-order valence-electron chi connectivity index (χ0n) is 22.9. The first-order chi connectivity index (χ1) is 19.4. The summed E-state index contributed by atoms with van der Waals surface area (Å²) in [6.07, 6.45) is 12.3. The lowest BCUT2D eigenvalue weighted by Gasteiger charge is -2.34. The second kappa shape index (κ2) is 9.58. The fourth-order valence-electron chi connectivity index (χ4n) is 6.41. The van der Waals surface area contributed by atoms with Gasteiger partial charge in [-0.2, -0.15) is 9.97 Å². The molecule has 2 aliphatic heterocycles. The number of nitrogens with zero attached hydrogens (tertiary/aromatic N) is 6. The molecule has 2 aromatic heterocycles. The van der Waals surface area contributed by atoms with E-state index < -0.39 is 0 Å². The molecule has 40 heavy (non-hydrogen) atoms. The van der Waals surface area contributed by atoms with Crippen molar-refractivity contribution in [1.82, 2.24) is 30.2 Å². The second-order valence-electron chi connectivity index (χ2n) is 11.9. The Morgan fingerprint density at radius 1 is 1.15 bits per heavy atom. The molecule has 0 radical (unpaired) electrons. The molecule has 204 valence electrons. The molecule has 9 heteroatoms. The maximum Gasteiger partial charge on any atom is 0.320 e. The van der Waals surface area contributed by atoms with Gasteiger partial charge in [0.15, 0.2) is 11.5 Å². The normalized spacial score (nSPS) is 21.2. The van der Waals surface area contributed by atoms with Crippen molar-refractivity contribution in [2.75, 3.05) is 45.2 Å². The van der Waals surface area contributed by atoms with Crippen molar-refractivity contribution in [2.45, 2.75) is 37.8 Å². The van der Waals surface area contributed by atoms with E-state index in [0.717, 1.165) is 60.0 Å². The molecule has 2 aromatic carbocycles. The molecule has 7 rings (SSSR count). The molecule has 2 N–H and O–H groups in total. The topological polar surface area (TPSA) is 99.5 Å². The lowest BCUT2D eigenvalue weighted by molar-refractivity contribution is 0.183. The Kier molecular flexibility index (Phi) is 5.99. The largest absolute Gasteiger partial charge is 0.508 e. The number of anilines is 1. The SMILES string of the molecule is C#Cc1cccc2cc(O)cc(-c3ncc4c(N5CC6CCC(C5)N6)nc(OCC5(CN(C)C)CC5)nc4n3)c12. The smallest absolute Gasteiger partial charge is 0.320 e. The van der Waals surface area contributed by atoms with Gasteiger partial charge in [-0.15, -0.1) is 6.42 Å². The number of hydrogen-bond donors (Lipinski definition) is 2. The molecule has 9 nitrogen and oxygen atoms in total. The van der Waals surface area contributed by atoms with Gasteiger partial charge in [0.1, 0.15) is 11.6 Å². The van der Waals surface area contributed by atoms with Gasteiger partial charge in [-0.1, -0.05) is 18.1 Å². The third-order valence-corrected chi connectivity index (χ3v) is 8.40. The molecule has 3 fully saturated rings. The van der Waals surface area contributed by atoms with Crippen LogP contribution in [0.2, 0.25) is 0 Å². The number of phenolic OH excluding ortho intramolecular Hbond substituents is 1. The van der Waals surface area contributed by atoms with E-state index in [9.17, 15) is 5.11 Å². The summed E-state index contributed by atoms with van der Waals surface area (Å²) >= 11 is 0. The molecule has 1 aliphatic carbocycles. The second-order valence-corrected chi connectivity index (χ2v) is 11.9. The van der Waals surface area contributed by atoms with Gasteiger partial charge in [-0.05, 0) is 63.4 Å². The first-order valence-corrected chi connectivity index (χ1v) is 14.0. The first kappa shape index (κ1) is 25.0. The zero-order chi connectivity index (χ0) is 27.4. The number of ether oxygens (including phenoxy) is 1. The van der Waals surface area contributed by atoms with E-state index in [2.05, 4.69) is 35.1 Å². The Hall–Kier alpha value is -4.00. The van der Waals surface area contributed by atoms with Gasteiger partial charge < -0.3 is 25.0 Å². The maximum atomic E-state index is 10.5. The predicted octanol–water partition coefficient (Wildman–Crippen LogP) is 3.59. The van der Waals surface area contributed by atoms with Crippen molar-refractivity contribution >= 4 is 27.6 Å². The molecule has 4 aromatic rings. The van der Waals surface area contributed by atoms with Crippen LogP contribution in [-0.4, -0.2) is 82.4 Å². The van der Waals surface area contributed by atoms with E-state index >= 15 is 0 Å². The van der Waals surface area contributed by atoms with Crippen molar-refractivity contribution in [3.05, 3.63) is 42.1 Å². The minimum Gasteiger partial charge on any atom is -0.508 e. The molecule has 0 amide bonds. The van der Waals surface area contributed by atoms with Gasteiger partial charge >= 0.3 is 6.01 Å². The highest BCUT2D eigenvalue weighted by Gasteiger charge is 2.44. The van der Waals surface area contributed by atoms with Crippen LogP contribution in [0.5, 0.6) is 11.8 Å². The summed E-state index contributed by atoms with van der Waals surface area (Å²) < 4.78 is 6.30. The molecule has 2 unspecified atom stereocenters. The number of nitrogens with one attached hydrogen (secondary N) is 1. The Bertz CT molecular complexity index is 1650. The lowest BCUT2D eigenvalue weighted by Crippen LogP contribution is -2.51. The van der Waals surface area contributed by atoms with Crippen molar-refractivity contribution in [2.24, 2.45) is 5.41 Å². The Labute approximate surface area is 233 Å². The van der Waals surface area contributed by atoms with Crippen molar-refractivity contribution in [1.29, 1.82) is 0 Å². The van der Waals surface area contributed by atoms with E-state index in [1.165, 1.54) is 12.8 Å². The number of hydrogen-bond acceptors (Lipinski definition) is 9. The number of phenols is 1. The number of benzene rings is 2. The van der Waals surface area contributed by atoms with E-state index in [1.54, 1.807) is 18.3 Å². The van der Waals surface area contributed by atoms with Crippen LogP contribution in [0.3, 0.4) is 0 Å². The minimum absolute atomic E-state index is 0.125. The number of terminal acetylenes is 1. The average molecular weight is 536 g/mol. The molecule has 1 saturated carbocycles. The quantitative estimate of drug-likeness (QED) is 0.344. The Morgan fingerprint density at radius 3 is 2.67 bits per heavy atom. The standard InChI is InChI=1S/C31H33N7O2/c1-4-19-6-5-7-20-12-23(39)13-24(26(19)20)27-32-14-25-28(34-27)35-30(40-18-31(10-11-31)17-37(2)3)36-29(25)38-15-21-8-9-22(16-38)33-21/h1,5-7,12-14,21-22,33,39H,8-11,15-18H2,2-3H3. The number of aromatic nitrogens is 4. The number of piperazine rings is 1. The molecule has 2 saturated heterocycles. The van der Waals surface area contributed by atoms with Crippen LogP contribution in [0, 0.1) is 17.8 Å². The van der Waals surface area contributed by atoms with E-state index in [1.807, 2.05) is 18.2 Å². The van der Waals surface area contributed by atoms with Crippen LogP contribution < -0.4 is 15.0 Å². The summed E-state index contributed by atoms with van der Waals surface area (Å²) in [6, 6.07) is 10.3. The molecular formula is C31H33N7O2. The summed E-state index contributed by atoms with van der Waals surface area (Å²) in [5, 5.41) is 16.6. The van der Waals surface area contributed by atoms with Crippen LogP contribution >= 0.6 is 0 Å².